The Balaban J connectivity index is 1.62. The van der Waals surface area contributed by atoms with E-state index < -0.39 is 0 Å². The summed E-state index contributed by atoms with van der Waals surface area (Å²) in [4.78, 5) is 14.7. The number of amides is 1. The average Bonchev–Trinajstić information content (AvgIpc) is 2.95. The Kier molecular flexibility index (Phi) is 6.66. The number of carbonyl (C=O) groups excluding carboxylic acids is 1. The molecule has 1 N–H and O–H groups in total. The van der Waals surface area contributed by atoms with E-state index in [1.54, 1.807) is 6.08 Å². The van der Waals surface area contributed by atoms with Crippen LogP contribution in [-0.4, -0.2) is 36.5 Å². The molecule has 1 aliphatic heterocycles. The number of nitrogens with one attached hydrogen (secondary N) is 1. The van der Waals surface area contributed by atoms with E-state index >= 15 is 0 Å². The summed E-state index contributed by atoms with van der Waals surface area (Å²) in [6.45, 7) is 9.29. The van der Waals surface area contributed by atoms with E-state index in [0.29, 0.717) is 5.56 Å². The summed E-state index contributed by atoms with van der Waals surface area (Å²) < 4.78 is 0. The van der Waals surface area contributed by atoms with Crippen LogP contribution in [0.2, 0.25) is 0 Å². The highest BCUT2D eigenvalue weighted by atomic mass is 16.1. The van der Waals surface area contributed by atoms with Gasteiger partial charge in [0.05, 0.1) is 0 Å². The lowest BCUT2D eigenvalue weighted by atomic mass is 10.1. The fourth-order valence-corrected chi connectivity index (χ4v) is 3.12. The predicted octanol–water partition coefficient (Wildman–Crippen LogP) is 3.71. The van der Waals surface area contributed by atoms with Crippen LogP contribution in [0.3, 0.4) is 0 Å². The molecule has 1 atom stereocenters. The van der Waals surface area contributed by atoms with Gasteiger partial charge in [-0.3, -0.25) is 4.79 Å². The Labute approximate surface area is 134 Å². The minimum Gasteiger partial charge on any atom is -0.352 e. The highest BCUT2D eigenvalue weighted by molar-refractivity contribution is 5.97. The van der Waals surface area contributed by atoms with Crippen LogP contribution in [0.25, 0.3) is 6.08 Å². The smallest absolute Gasteiger partial charge is 0.251 e. The maximum atomic E-state index is 12.1. The molecule has 1 aromatic rings. The van der Waals surface area contributed by atoms with Gasteiger partial charge in [0.25, 0.3) is 5.91 Å². The summed E-state index contributed by atoms with van der Waals surface area (Å²) in [5.41, 5.74) is 1.60. The molecular formula is C19H28N2O. The van der Waals surface area contributed by atoms with E-state index in [1.165, 1.54) is 38.8 Å². The van der Waals surface area contributed by atoms with Gasteiger partial charge in [0.1, 0.15) is 0 Å². The fourth-order valence-electron chi connectivity index (χ4n) is 3.12. The van der Waals surface area contributed by atoms with Crippen molar-refractivity contribution in [1.82, 2.24) is 10.2 Å². The van der Waals surface area contributed by atoms with Crippen molar-refractivity contribution in [2.45, 2.75) is 45.1 Å². The Morgan fingerprint density at radius 1 is 1.36 bits per heavy atom. The van der Waals surface area contributed by atoms with Gasteiger partial charge in [-0.1, -0.05) is 37.3 Å². The summed E-state index contributed by atoms with van der Waals surface area (Å²) in [6, 6.07) is 8.34. The van der Waals surface area contributed by atoms with Crippen LogP contribution in [0.4, 0.5) is 0 Å². The van der Waals surface area contributed by atoms with Crippen molar-refractivity contribution in [3.8, 4) is 0 Å². The molecule has 1 aromatic carbocycles. The molecule has 0 aromatic heterocycles. The zero-order valence-electron chi connectivity index (χ0n) is 13.7. The summed E-state index contributed by atoms with van der Waals surface area (Å²) in [6.07, 6.45) is 7.87. The third-order valence-corrected chi connectivity index (χ3v) is 4.52. The van der Waals surface area contributed by atoms with Gasteiger partial charge < -0.3 is 10.2 Å². The van der Waals surface area contributed by atoms with Crippen LogP contribution in [0.1, 0.15) is 54.9 Å². The number of likely N-dealkylation sites (tertiary alicyclic amines) is 1. The molecule has 3 nitrogen and oxygen atoms in total. The lowest BCUT2D eigenvalue weighted by molar-refractivity contribution is 0.0952. The normalized spacial score (nSPS) is 18.3. The zero-order chi connectivity index (χ0) is 15.8. The van der Waals surface area contributed by atoms with E-state index in [1.807, 2.05) is 24.3 Å². The summed E-state index contributed by atoms with van der Waals surface area (Å²) in [7, 11) is 0. The van der Waals surface area contributed by atoms with Crippen molar-refractivity contribution in [3.63, 3.8) is 0 Å². The van der Waals surface area contributed by atoms with Crippen LogP contribution in [-0.2, 0) is 0 Å². The first kappa shape index (κ1) is 16.8. The Bertz CT molecular complexity index is 498. The maximum absolute atomic E-state index is 12.1. The molecule has 3 heteroatoms. The molecule has 0 spiro atoms. The monoisotopic (exact) mass is 300 g/mol. The highest BCUT2D eigenvalue weighted by Gasteiger charge is 2.18. The number of unbranched alkanes of at least 4 members (excludes halogenated alkanes) is 2. The number of nitrogens with zero attached hydrogens (tertiary/aromatic N) is 1. The van der Waals surface area contributed by atoms with Crippen LogP contribution in [0, 0.1) is 0 Å². The Morgan fingerprint density at radius 3 is 2.91 bits per heavy atom. The number of hydrogen-bond acceptors (Lipinski definition) is 2. The van der Waals surface area contributed by atoms with Gasteiger partial charge in [-0.2, -0.15) is 0 Å². The van der Waals surface area contributed by atoms with Crippen molar-refractivity contribution < 1.29 is 4.79 Å². The van der Waals surface area contributed by atoms with Gasteiger partial charge >= 0.3 is 0 Å². The molecule has 1 heterocycles. The highest BCUT2D eigenvalue weighted by Crippen LogP contribution is 2.16. The molecule has 1 unspecified atom stereocenters. The van der Waals surface area contributed by atoms with Crippen LogP contribution >= 0.6 is 0 Å². The summed E-state index contributed by atoms with van der Waals surface area (Å²) >= 11 is 0. The molecular weight excluding hydrogens is 272 g/mol. The molecule has 0 bridgehead atoms. The first-order valence-corrected chi connectivity index (χ1v) is 8.46. The molecule has 0 aliphatic carbocycles. The molecule has 0 saturated carbocycles. The van der Waals surface area contributed by atoms with Gasteiger partial charge in [-0.05, 0) is 57.3 Å². The second-order valence-corrected chi connectivity index (χ2v) is 6.14. The largest absolute Gasteiger partial charge is 0.352 e. The lowest BCUT2D eigenvalue weighted by Gasteiger charge is -2.20. The lowest BCUT2D eigenvalue weighted by Crippen LogP contribution is -2.28. The molecule has 1 fully saturated rings. The first-order chi connectivity index (χ1) is 10.7. The molecule has 1 saturated heterocycles. The van der Waals surface area contributed by atoms with Crippen molar-refractivity contribution in [2.75, 3.05) is 19.6 Å². The van der Waals surface area contributed by atoms with E-state index in [4.69, 9.17) is 0 Å². The Morgan fingerprint density at radius 2 is 2.18 bits per heavy atom. The van der Waals surface area contributed by atoms with E-state index in [0.717, 1.165) is 24.6 Å². The molecule has 1 amide bonds. The zero-order valence-corrected chi connectivity index (χ0v) is 13.7. The number of hydrogen-bond donors (Lipinski definition) is 1. The summed E-state index contributed by atoms with van der Waals surface area (Å²) in [5.74, 6) is 0.00339. The number of benzene rings is 1. The number of rotatable bonds is 8. The first-order valence-electron chi connectivity index (χ1n) is 8.46. The van der Waals surface area contributed by atoms with Gasteiger partial charge in [-0.15, -0.1) is 0 Å². The Hall–Kier alpha value is -1.61. The molecule has 22 heavy (non-hydrogen) atoms. The van der Waals surface area contributed by atoms with Crippen molar-refractivity contribution >= 4 is 12.0 Å². The maximum Gasteiger partial charge on any atom is 0.251 e. The van der Waals surface area contributed by atoms with Crippen molar-refractivity contribution in [2.24, 2.45) is 0 Å². The minimum absolute atomic E-state index is 0.00339. The second-order valence-electron chi connectivity index (χ2n) is 6.14. The molecule has 0 radical (unpaired) electrons. The van der Waals surface area contributed by atoms with Crippen LogP contribution in [0.15, 0.2) is 30.8 Å². The van der Waals surface area contributed by atoms with Gasteiger partial charge in [-0.25, -0.2) is 0 Å². The van der Waals surface area contributed by atoms with Gasteiger partial charge in [0, 0.05) is 18.2 Å². The number of carbonyl (C=O) groups is 1. The molecule has 2 rings (SSSR count). The minimum atomic E-state index is 0.00339. The van der Waals surface area contributed by atoms with Gasteiger partial charge in [0.2, 0.25) is 0 Å². The third-order valence-electron chi connectivity index (χ3n) is 4.52. The van der Waals surface area contributed by atoms with Gasteiger partial charge in [0.15, 0.2) is 0 Å². The fraction of sp³-hybridized carbons (Fsp3) is 0.526. The third kappa shape index (κ3) is 4.70. The molecule has 1 aliphatic rings. The topological polar surface area (TPSA) is 32.3 Å². The van der Waals surface area contributed by atoms with E-state index in [2.05, 4.69) is 23.7 Å². The molecule has 120 valence electrons. The predicted molar refractivity (Wildman–Crippen MR) is 93.0 cm³/mol. The quantitative estimate of drug-likeness (QED) is 0.742. The van der Waals surface area contributed by atoms with Crippen LogP contribution in [0.5, 0.6) is 0 Å². The SMILES string of the molecule is C=Cc1ccccc1C(=O)NCCCCCN1CCCC1C. The van der Waals surface area contributed by atoms with E-state index in [-0.39, 0.29) is 5.91 Å². The van der Waals surface area contributed by atoms with Crippen molar-refractivity contribution in [1.29, 1.82) is 0 Å². The van der Waals surface area contributed by atoms with E-state index in [9.17, 15) is 4.79 Å². The average molecular weight is 300 g/mol. The van der Waals surface area contributed by atoms with Crippen molar-refractivity contribution in [3.05, 3.63) is 42.0 Å². The second kappa shape index (κ2) is 8.74. The summed E-state index contributed by atoms with van der Waals surface area (Å²) in [5, 5.41) is 3.01. The van der Waals surface area contributed by atoms with Crippen LogP contribution < -0.4 is 5.32 Å². The standard InChI is InChI=1S/C19H28N2O/c1-3-17-11-5-6-12-18(17)19(22)20-13-7-4-8-14-21-15-9-10-16(21)2/h3,5-6,11-12,16H,1,4,7-10,13-15H2,2H3,(H,20,22).